The minimum absolute atomic E-state index is 0.0696. The van der Waals surface area contributed by atoms with Crippen molar-refractivity contribution < 1.29 is 32.5 Å². The van der Waals surface area contributed by atoms with Crippen LogP contribution in [-0.4, -0.2) is 37.1 Å². The monoisotopic (exact) mass is 346 g/mol. The fourth-order valence-corrected chi connectivity index (χ4v) is 2.22. The van der Waals surface area contributed by atoms with E-state index in [1.165, 1.54) is 19.2 Å². The maximum absolute atomic E-state index is 13.1. The molecule has 0 aliphatic carbocycles. The Morgan fingerprint density at radius 2 is 2.17 bits per heavy atom. The van der Waals surface area contributed by atoms with Crippen LogP contribution in [-0.2, 0) is 9.53 Å². The van der Waals surface area contributed by atoms with Gasteiger partial charge in [0.25, 0.3) is 0 Å². The lowest BCUT2D eigenvalue weighted by atomic mass is 9.99. The van der Waals surface area contributed by atoms with Gasteiger partial charge in [-0.25, -0.2) is 4.79 Å². The molecule has 1 N–H and O–H groups in total. The molecule has 1 aromatic rings. The highest BCUT2D eigenvalue weighted by molar-refractivity contribution is 6.31. The predicted molar refractivity (Wildman–Crippen MR) is 76.3 cm³/mol. The Hall–Kier alpha value is -2.17. The molecule has 0 amide bonds. The number of ether oxygens (including phenoxy) is 2. The highest BCUT2D eigenvalue weighted by Gasteiger charge is 2.48. The fraction of sp³-hybridized carbons (Fsp3) is 0.267. The Balaban J connectivity index is 2.59. The lowest BCUT2D eigenvalue weighted by Crippen LogP contribution is -2.40. The van der Waals surface area contributed by atoms with E-state index in [0.29, 0.717) is 0 Å². The van der Waals surface area contributed by atoms with E-state index in [1.807, 2.05) is 0 Å². The average Bonchev–Trinajstić information content (AvgIpc) is 2.44. The molecule has 1 aliphatic heterocycles. The number of rotatable bonds is 2. The summed E-state index contributed by atoms with van der Waals surface area (Å²) in [4.78, 5) is 11.1. The molecule has 1 aromatic carbocycles. The molecule has 0 fully saturated rings. The molecule has 0 radical (unpaired) electrons. The van der Waals surface area contributed by atoms with Crippen LogP contribution in [0.1, 0.15) is 11.1 Å². The molecule has 1 aliphatic rings. The van der Waals surface area contributed by atoms with Gasteiger partial charge in [0.05, 0.1) is 11.1 Å². The number of halogens is 4. The highest BCUT2D eigenvalue weighted by atomic mass is 35.5. The second-order valence-corrected chi connectivity index (χ2v) is 4.99. The quantitative estimate of drug-likeness (QED) is 0.836. The molecule has 0 spiro atoms. The summed E-state index contributed by atoms with van der Waals surface area (Å²) in [6.45, 7) is 0.0696. The zero-order valence-corrected chi connectivity index (χ0v) is 12.5. The Bertz CT molecular complexity index is 729. The summed E-state index contributed by atoms with van der Waals surface area (Å²) in [6.07, 6.45) is -6.55. The lowest BCUT2D eigenvalue weighted by molar-refractivity contribution is -0.187. The van der Waals surface area contributed by atoms with Gasteiger partial charge in [-0.1, -0.05) is 23.4 Å². The number of carbonyl (C=O) groups is 1. The maximum atomic E-state index is 13.1. The largest absolute Gasteiger partial charge is 0.478 e. The third kappa shape index (κ3) is 3.78. The van der Waals surface area contributed by atoms with Gasteiger partial charge < -0.3 is 14.6 Å². The van der Waals surface area contributed by atoms with E-state index in [2.05, 4.69) is 11.8 Å². The van der Waals surface area contributed by atoms with Crippen LogP contribution in [0, 0.1) is 11.8 Å². The minimum atomic E-state index is -4.88. The van der Waals surface area contributed by atoms with Crippen molar-refractivity contribution in [2.45, 2.75) is 12.3 Å². The molecular formula is C15H10ClF3O4. The molecule has 4 nitrogen and oxygen atoms in total. The van der Waals surface area contributed by atoms with E-state index in [0.717, 1.165) is 6.08 Å². The third-order valence-electron chi connectivity index (χ3n) is 2.90. The summed E-state index contributed by atoms with van der Waals surface area (Å²) in [5.74, 6) is 3.31. The van der Waals surface area contributed by atoms with Crippen molar-refractivity contribution in [2.24, 2.45) is 0 Å². The molecule has 0 bridgehead atoms. The number of benzene rings is 1. The Kier molecular flexibility index (Phi) is 4.88. The van der Waals surface area contributed by atoms with Crippen LogP contribution >= 0.6 is 11.6 Å². The molecule has 1 atom stereocenters. The van der Waals surface area contributed by atoms with Gasteiger partial charge in [0.15, 0.2) is 0 Å². The van der Waals surface area contributed by atoms with Crippen LogP contribution in [0.4, 0.5) is 13.2 Å². The Morgan fingerprint density at radius 3 is 2.74 bits per heavy atom. The van der Waals surface area contributed by atoms with Gasteiger partial charge in [-0.2, -0.15) is 13.2 Å². The van der Waals surface area contributed by atoms with Gasteiger partial charge in [0, 0.05) is 17.7 Å². The Labute approximate surface area is 134 Å². The highest BCUT2D eigenvalue weighted by Crippen LogP contribution is 2.40. The average molecular weight is 347 g/mol. The summed E-state index contributed by atoms with van der Waals surface area (Å²) < 4.78 is 48.8. The van der Waals surface area contributed by atoms with E-state index in [-0.39, 0.29) is 28.5 Å². The second kappa shape index (κ2) is 6.52. The molecule has 122 valence electrons. The summed E-state index contributed by atoms with van der Waals surface area (Å²) in [7, 11) is 1.42. The first-order valence-electron chi connectivity index (χ1n) is 6.23. The van der Waals surface area contributed by atoms with E-state index < -0.39 is 23.8 Å². The van der Waals surface area contributed by atoms with Gasteiger partial charge >= 0.3 is 12.1 Å². The van der Waals surface area contributed by atoms with Crippen molar-refractivity contribution in [3.8, 4) is 17.6 Å². The summed E-state index contributed by atoms with van der Waals surface area (Å²) in [6, 6.07) is 2.66. The lowest BCUT2D eigenvalue weighted by Gasteiger charge is -2.27. The zero-order valence-electron chi connectivity index (χ0n) is 11.7. The van der Waals surface area contributed by atoms with Crippen molar-refractivity contribution in [1.82, 2.24) is 0 Å². The van der Waals surface area contributed by atoms with Crippen molar-refractivity contribution in [1.29, 1.82) is 0 Å². The molecule has 0 aromatic heterocycles. The van der Waals surface area contributed by atoms with Crippen molar-refractivity contribution >= 4 is 23.6 Å². The molecule has 0 saturated heterocycles. The number of carboxylic acids is 1. The first kappa shape index (κ1) is 17.2. The molecule has 0 saturated carbocycles. The number of carboxylic acid groups (broad SMARTS) is 1. The smallest absolute Gasteiger partial charge is 0.430 e. The minimum Gasteiger partial charge on any atom is -0.478 e. The van der Waals surface area contributed by atoms with Crippen LogP contribution in [0.3, 0.4) is 0 Å². The first-order valence-corrected chi connectivity index (χ1v) is 6.61. The van der Waals surface area contributed by atoms with Crippen LogP contribution in [0.2, 0.25) is 5.02 Å². The summed E-state index contributed by atoms with van der Waals surface area (Å²) >= 11 is 5.89. The van der Waals surface area contributed by atoms with Gasteiger partial charge in [-0.3, -0.25) is 0 Å². The standard InChI is InChI=1S/C15H10ClF3O4/c1-22-4-2-3-8-5-10(16)6-9-7-11(14(20)21)13(15(17,18)19)23-12(8)9/h5-7,13H,4H2,1H3,(H,20,21). The van der Waals surface area contributed by atoms with Crippen molar-refractivity contribution in [3.05, 3.63) is 33.9 Å². The molecule has 8 heteroatoms. The van der Waals surface area contributed by atoms with E-state index >= 15 is 0 Å². The third-order valence-corrected chi connectivity index (χ3v) is 3.11. The van der Waals surface area contributed by atoms with Gasteiger partial charge in [-0.15, -0.1) is 0 Å². The molecule has 1 heterocycles. The maximum Gasteiger partial charge on any atom is 0.430 e. The van der Waals surface area contributed by atoms with Gasteiger partial charge in [-0.05, 0) is 18.2 Å². The second-order valence-electron chi connectivity index (χ2n) is 4.55. The van der Waals surface area contributed by atoms with Crippen LogP contribution < -0.4 is 4.74 Å². The van der Waals surface area contributed by atoms with Crippen LogP contribution in [0.5, 0.6) is 5.75 Å². The number of aliphatic carboxylic acids is 1. The number of methoxy groups -OCH3 is 1. The SMILES string of the molecule is COCC#Cc1cc(Cl)cc2c1OC(C(F)(F)F)C(C(=O)O)=C2. The molecule has 2 rings (SSSR count). The van der Waals surface area contributed by atoms with E-state index in [1.54, 1.807) is 0 Å². The van der Waals surface area contributed by atoms with Crippen LogP contribution in [0.15, 0.2) is 17.7 Å². The van der Waals surface area contributed by atoms with Crippen molar-refractivity contribution in [3.63, 3.8) is 0 Å². The van der Waals surface area contributed by atoms with Gasteiger partial charge in [0.2, 0.25) is 6.10 Å². The zero-order chi connectivity index (χ0) is 17.2. The van der Waals surface area contributed by atoms with E-state index in [9.17, 15) is 18.0 Å². The number of alkyl halides is 3. The first-order chi connectivity index (χ1) is 10.7. The fourth-order valence-electron chi connectivity index (χ4n) is 1.99. The predicted octanol–water partition coefficient (Wildman–Crippen LogP) is 3.13. The number of hydrogen-bond acceptors (Lipinski definition) is 3. The molecular weight excluding hydrogens is 337 g/mol. The number of fused-ring (bicyclic) bond motifs is 1. The van der Waals surface area contributed by atoms with Gasteiger partial charge in [0.1, 0.15) is 12.4 Å². The summed E-state index contributed by atoms with van der Waals surface area (Å²) in [5, 5.41) is 9.18. The topological polar surface area (TPSA) is 55.8 Å². The normalized spacial score (nSPS) is 16.6. The number of hydrogen-bond donors (Lipinski definition) is 1. The van der Waals surface area contributed by atoms with E-state index in [4.69, 9.17) is 26.2 Å². The Morgan fingerprint density at radius 1 is 1.48 bits per heavy atom. The molecule has 23 heavy (non-hydrogen) atoms. The van der Waals surface area contributed by atoms with Crippen LogP contribution in [0.25, 0.3) is 6.08 Å². The molecule has 1 unspecified atom stereocenters. The summed E-state index contributed by atoms with van der Waals surface area (Å²) in [5.41, 5.74) is -0.667. The van der Waals surface area contributed by atoms with Crippen molar-refractivity contribution in [2.75, 3.05) is 13.7 Å².